The Hall–Kier alpha value is -3.04. The predicted molar refractivity (Wildman–Crippen MR) is 77.9 cm³/mol. The van der Waals surface area contributed by atoms with Crippen LogP contribution in [-0.2, 0) is 4.79 Å². The first-order valence-electron chi connectivity index (χ1n) is 6.87. The number of carbonyl (C=O) groups is 2. The van der Waals surface area contributed by atoms with Crippen LogP contribution in [0.25, 0.3) is 0 Å². The van der Waals surface area contributed by atoms with Crippen molar-refractivity contribution < 1.29 is 19.4 Å². The summed E-state index contributed by atoms with van der Waals surface area (Å²) in [7, 11) is 0. The molecule has 0 aliphatic carbocycles. The van der Waals surface area contributed by atoms with Crippen molar-refractivity contribution in [3.8, 4) is 0 Å². The van der Waals surface area contributed by atoms with Crippen molar-refractivity contribution in [3.63, 3.8) is 0 Å². The Morgan fingerprint density at radius 2 is 1.83 bits per heavy atom. The monoisotopic (exact) mass is 322 g/mol. The highest BCUT2D eigenvalue weighted by Crippen LogP contribution is 2.24. The lowest BCUT2D eigenvalue weighted by atomic mass is 10.1. The highest BCUT2D eigenvalue weighted by atomic mass is 16.6. The minimum Gasteiger partial charge on any atom is -0.353 e. The molecule has 2 amide bonds. The van der Waals surface area contributed by atoms with Gasteiger partial charge in [0.25, 0.3) is 17.3 Å². The number of hydrogen-bond acceptors (Lipinski definition) is 6. The van der Waals surface area contributed by atoms with Crippen LogP contribution in [0.5, 0.6) is 0 Å². The Kier molecular flexibility index (Phi) is 4.53. The average Bonchev–Trinajstić information content (AvgIpc) is 2.53. The highest BCUT2D eigenvalue weighted by Gasteiger charge is 2.33. The fourth-order valence-electron chi connectivity index (χ4n) is 2.46. The molecule has 23 heavy (non-hydrogen) atoms. The van der Waals surface area contributed by atoms with E-state index < -0.39 is 33.2 Å². The van der Waals surface area contributed by atoms with Crippen LogP contribution in [0.4, 0.5) is 11.4 Å². The van der Waals surface area contributed by atoms with Crippen molar-refractivity contribution in [2.75, 3.05) is 13.1 Å². The molecule has 0 aromatic heterocycles. The molecule has 1 unspecified atom stereocenters. The molecule has 0 saturated carbocycles. The van der Waals surface area contributed by atoms with Crippen molar-refractivity contribution in [1.29, 1.82) is 0 Å². The summed E-state index contributed by atoms with van der Waals surface area (Å²) in [5.74, 6) is -0.953. The second kappa shape index (κ2) is 6.38. The largest absolute Gasteiger partial charge is 0.353 e. The number of non-ortho nitro benzene ring substituents is 2. The first kappa shape index (κ1) is 16.3. The topological polar surface area (TPSA) is 136 Å². The molecule has 10 nitrogen and oxygen atoms in total. The summed E-state index contributed by atoms with van der Waals surface area (Å²) in [4.78, 5) is 45.8. The molecule has 2 rings (SSSR count). The van der Waals surface area contributed by atoms with E-state index in [1.165, 1.54) is 4.90 Å². The molecule has 0 bridgehead atoms. The predicted octanol–water partition coefficient (Wildman–Crippen LogP) is 0.854. The normalized spacial score (nSPS) is 17.5. The van der Waals surface area contributed by atoms with Crippen molar-refractivity contribution >= 4 is 23.2 Å². The van der Waals surface area contributed by atoms with Gasteiger partial charge in [0.1, 0.15) is 6.04 Å². The van der Waals surface area contributed by atoms with Crippen LogP contribution in [0.3, 0.4) is 0 Å². The lowest BCUT2D eigenvalue weighted by Gasteiger charge is -2.34. The second-order valence-electron chi connectivity index (χ2n) is 4.97. The molecule has 1 aliphatic rings. The third-order valence-electron chi connectivity index (χ3n) is 3.55. The summed E-state index contributed by atoms with van der Waals surface area (Å²) in [5.41, 5.74) is -1.27. The SMILES string of the molecule is CCC1C(=O)NCCN1C(=O)c1cc([N+](=O)[O-])cc([N+](=O)[O-])c1. The minimum atomic E-state index is -0.802. The summed E-state index contributed by atoms with van der Waals surface area (Å²) in [6.45, 7) is 2.23. The van der Waals surface area contributed by atoms with E-state index in [0.717, 1.165) is 18.2 Å². The van der Waals surface area contributed by atoms with E-state index in [4.69, 9.17) is 0 Å². The summed E-state index contributed by atoms with van der Waals surface area (Å²) >= 11 is 0. The van der Waals surface area contributed by atoms with Crippen LogP contribution < -0.4 is 5.32 Å². The van der Waals surface area contributed by atoms with Gasteiger partial charge in [-0.3, -0.25) is 29.8 Å². The summed E-state index contributed by atoms with van der Waals surface area (Å²) in [6, 6.07) is 2.05. The first-order chi connectivity index (χ1) is 10.8. The number of carbonyl (C=O) groups excluding carboxylic acids is 2. The van der Waals surface area contributed by atoms with E-state index in [0.29, 0.717) is 6.42 Å². The molecule has 1 aliphatic heterocycles. The molecular formula is C13H14N4O6. The third-order valence-corrected chi connectivity index (χ3v) is 3.55. The average molecular weight is 322 g/mol. The van der Waals surface area contributed by atoms with E-state index in [-0.39, 0.29) is 24.6 Å². The summed E-state index contributed by atoms with van der Waals surface area (Å²) in [6.07, 6.45) is 0.370. The molecule has 1 fully saturated rings. The number of nitrogens with one attached hydrogen (secondary N) is 1. The molecule has 0 radical (unpaired) electrons. The number of nitro benzene ring substituents is 2. The Labute approximate surface area is 130 Å². The van der Waals surface area contributed by atoms with Gasteiger partial charge in [0.2, 0.25) is 5.91 Å². The van der Waals surface area contributed by atoms with Gasteiger partial charge in [0.05, 0.1) is 21.5 Å². The third kappa shape index (κ3) is 3.25. The highest BCUT2D eigenvalue weighted by molar-refractivity contribution is 5.99. The number of piperazine rings is 1. The lowest BCUT2D eigenvalue weighted by Crippen LogP contribution is -2.56. The van der Waals surface area contributed by atoms with E-state index >= 15 is 0 Å². The standard InChI is InChI=1S/C13H14N4O6/c1-2-11-12(18)14-3-4-15(11)13(19)8-5-9(16(20)21)7-10(6-8)17(22)23/h5-7,11H,2-4H2,1H3,(H,14,18). The Morgan fingerprint density at radius 3 is 2.30 bits per heavy atom. The number of nitro groups is 2. The smallest absolute Gasteiger partial charge is 0.277 e. The van der Waals surface area contributed by atoms with Crippen LogP contribution >= 0.6 is 0 Å². The molecule has 1 aromatic carbocycles. The fourth-order valence-corrected chi connectivity index (χ4v) is 2.46. The van der Waals surface area contributed by atoms with Gasteiger partial charge in [-0.05, 0) is 6.42 Å². The maximum atomic E-state index is 12.6. The van der Waals surface area contributed by atoms with Gasteiger partial charge in [-0.1, -0.05) is 6.92 Å². The molecule has 1 aromatic rings. The molecule has 0 spiro atoms. The van der Waals surface area contributed by atoms with Crippen LogP contribution in [-0.4, -0.2) is 45.7 Å². The lowest BCUT2D eigenvalue weighted by molar-refractivity contribution is -0.394. The zero-order valence-electron chi connectivity index (χ0n) is 12.2. The number of amides is 2. The van der Waals surface area contributed by atoms with Crippen LogP contribution in [0.15, 0.2) is 18.2 Å². The molecule has 122 valence electrons. The van der Waals surface area contributed by atoms with Gasteiger partial charge in [-0.15, -0.1) is 0 Å². The van der Waals surface area contributed by atoms with E-state index in [1.807, 2.05) is 0 Å². The van der Waals surface area contributed by atoms with Gasteiger partial charge in [0.15, 0.2) is 0 Å². The van der Waals surface area contributed by atoms with E-state index in [9.17, 15) is 29.8 Å². The fraction of sp³-hybridized carbons (Fsp3) is 0.385. The molecule has 1 N–H and O–H groups in total. The molecule has 10 heteroatoms. The van der Waals surface area contributed by atoms with Crippen molar-refractivity contribution in [2.45, 2.75) is 19.4 Å². The zero-order valence-corrected chi connectivity index (χ0v) is 12.2. The van der Waals surface area contributed by atoms with Crippen LogP contribution in [0.2, 0.25) is 0 Å². The van der Waals surface area contributed by atoms with Crippen molar-refractivity contribution in [1.82, 2.24) is 10.2 Å². The number of benzene rings is 1. The second-order valence-corrected chi connectivity index (χ2v) is 4.97. The Balaban J connectivity index is 2.43. The van der Waals surface area contributed by atoms with Gasteiger partial charge >= 0.3 is 0 Å². The van der Waals surface area contributed by atoms with E-state index in [2.05, 4.69) is 5.32 Å². The van der Waals surface area contributed by atoms with E-state index in [1.54, 1.807) is 6.92 Å². The van der Waals surface area contributed by atoms with Crippen molar-refractivity contribution in [2.24, 2.45) is 0 Å². The van der Waals surface area contributed by atoms with Crippen LogP contribution in [0, 0.1) is 20.2 Å². The molecule has 1 atom stereocenters. The van der Waals surface area contributed by atoms with Gasteiger partial charge in [0, 0.05) is 25.2 Å². The van der Waals surface area contributed by atoms with Gasteiger partial charge < -0.3 is 10.2 Å². The van der Waals surface area contributed by atoms with Gasteiger partial charge in [-0.2, -0.15) is 0 Å². The zero-order chi connectivity index (χ0) is 17.1. The van der Waals surface area contributed by atoms with Gasteiger partial charge in [-0.25, -0.2) is 0 Å². The van der Waals surface area contributed by atoms with Crippen LogP contribution in [0.1, 0.15) is 23.7 Å². The number of nitrogens with zero attached hydrogens (tertiary/aromatic N) is 3. The molecular weight excluding hydrogens is 308 g/mol. The van der Waals surface area contributed by atoms with Crippen molar-refractivity contribution in [3.05, 3.63) is 44.0 Å². The Bertz CT molecular complexity index is 657. The quantitative estimate of drug-likeness (QED) is 0.644. The number of rotatable bonds is 4. The maximum absolute atomic E-state index is 12.6. The first-order valence-corrected chi connectivity index (χ1v) is 6.87. The minimum absolute atomic E-state index is 0.181. The Morgan fingerprint density at radius 1 is 1.26 bits per heavy atom. The molecule has 1 heterocycles. The molecule has 1 saturated heterocycles. The number of hydrogen-bond donors (Lipinski definition) is 1. The summed E-state index contributed by atoms with van der Waals surface area (Å²) < 4.78 is 0. The summed E-state index contributed by atoms with van der Waals surface area (Å²) in [5, 5.41) is 24.4. The maximum Gasteiger partial charge on any atom is 0.277 e.